The summed E-state index contributed by atoms with van der Waals surface area (Å²) in [5, 5.41) is 12.8. The predicted octanol–water partition coefficient (Wildman–Crippen LogP) is 1.33. The van der Waals surface area contributed by atoms with Crippen molar-refractivity contribution in [1.82, 2.24) is 5.32 Å². The molecule has 0 saturated heterocycles. The second-order valence-corrected chi connectivity index (χ2v) is 3.02. The molecule has 1 N–H and O–H groups in total. The quantitative estimate of drug-likeness (QED) is 0.476. The Morgan fingerprint density at radius 2 is 2.06 bits per heavy atom. The lowest BCUT2D eigenvalue weighted by Crippen LogP contribution is -2.27. The molecule has 0 aliphatic carbocycles. The minimum Gasteiger partial charge on any atom is -0.492 e. The topological polar surface area (TPSA) is 90.7 Å². The van der Waals surface area contributed by atoms with Gasteiger partial charge in [-0.3, -0.25) is 10.1 Å². The van der Waals surface area contributed by atoms with Gasteiger partial charge in [0.1, 0.15) is 12.4 Å². The SMILES string of the molecule is COC(=O)NCCOc1ccc([N+](=O)[O-])cc1. The van der Waals surface area contributed by atoms with E-state index in [-0.39, 0.29) is 12.3 Å². The van der Waals surface area contributed by atoms with E-state index in [0.29, 0.717) is 12.3 Å². The number of hydrogen-bond donors (Lipinski definition) is 1. The molecule has 7 nitrogen and oxygen atoms in total. The molecular formula is C10H12N2O5. The Bertz CT molecular complexity index is 390. The van der Waals surface area contributed by atoms with E-state index in [1.807, 2.05) is 0 Å². The van der Waals surface area contributed by atoms with Crippen LogP contribution in [0.4, 0.5) is 10.5 Å². The van der Waals surface area contributed by atoms with Crippen LogP contribution < -0.4 is 10.1 Å². The molecule has 0 spiro atoms. The second kappa shape index (κ2) is 6.31. The summed E-state index contributed by atoms with van der Waals surface area (Å²) in [5.41, 5.74) is 0.00466. The molecule has 0 atom stereocenters. The first-order valence-electron chi connectivity index (χ1n) is 4.82. The van der Waals surface area contributed by atoms with Crippen molar-refractivity contribution in [2.24, 2.45) is 0 Å². The number of nitro groups is 1. The van der Waals surface area contributed by atoms with E-state index >= 15 is 0 Å². The van der Waals surface area contributed by atoms with Crippen LogP contribution in [0, 0.1) is 10.1 Å². The molecule has 0 aromatic heterocycles. The Morgan fingerprint density at radius 3 is 2.59 bits per heavy atom. The second-order valence-electron chi connectivity index (χ2n) is 3.02. The maximum Gasteiger partial charge on any atom is 0.406 e. The molecule has 0 radical (unpaired) electrons. The number of nitro benzene ring substituents is 1. The van der Waals surface area contributed by atoms with Crippen LogP contribution in [0.3, 0.4) is 0 Å². The van der Waals surface area contributed by atoms with E-state index in [0.717, 1.165) is 0 Å². The van der Waals surface area contributed by atoms with E-state index in [4.69, 9.17) is 4.74 Å². The Labute approximate surface area is 97.5 Å². The fourth-order valence-electron chi connectivity index (χ4n) is 1.06. The average molecular weight is 240 g/mol. The summed E-state index contributed by atoms with van der Waals surface area (Å²) in [7, 11) is 1.27. The molecule has 1 aromatic carbocycles. The van der Waals surface area contributed by atoms with Crippen LogP contribution in [0.15, 0.2) is 24.3 Å². The van der Waals surface area contributed by atoms with Gasteiger partial charge >= 0.3 is 6.09 Å². The van der Waals surface area contributed by atoms with Crippen molar-refractivity contribution in [3.63, 3.8) is 0 Å². The fraction of sp³-hybridized carbons (Fsp3) is 0.300. The Balaban J connectivity index is 2.32. The van der Waals surface area contributed by atoms with Crippen LogP contribution in [-0.2, 0) is 4.74 Å². The highest BCUT2D eigenvalue weighted by Gasteiger charge is 2.04. The van der Waals surface area contributed by atoms with Gasteiger partial charge in [0.2, 0.25) is 0 Å². The van der Waals surface area contributed by atoms with Crippen molar-refractivity contribution in [2.45, 2.75) is 0 Å². The monoisotopic (exact) mass is 240 g/mol. The number of carbonyl (C=O) groups excluding carboxylic acids is 1. The molecule has 1 aromatic rings. The van der Waals surface area contributed by atoms with Gasteiger partial charge in [-0.25, -0.2) is 4.79 Å². The zero-order valence-electron chi connectivity index (χ0n) is 9.21. The summed E-state index contributed by atoms with van der Waals surface area (Å²) in [4.78, 5) is 20.6. The molecular weight excluding hydrogens is 228 g/mol. The van der Waals surface area contributed by atoms with Crippen LogP contribution in [-0.4, -0.2) is 31.3 Å². The largest absolute Gasteiger partial charge is 0.492 e. The normalized spacial score (nSPS) is 9.47. The summed E-state index contributed by atoms with van der Waals surface area (Å²) in [5.74, 6) is 0.502. The number of amides is 1. The van der Waals surface area contributed by atoms with Crippen molar-refractivity contribution in [2.75, 3.05) is 20.3 Å². The molecule has 1 rings (SSSR count). The molecule has 0 aliphatic heterocycles. The number of nitrogens with one attached hydrogen (secondary N) is 1. The van der Waals surface area contributed by atoms with Crippen molar-refractivity contribution >= 4 is 11.8 Å². The van der Waals surface area contributed by atoms with Crippen molar-refractivity contribution in [3.05, 3.63) is 34.4 Å². The van der Waals surface area contributed by atoms with Gasteiger partial charge in [0, 0.05) is 12.1 Å². The smallest absolute Gasteiger partial charge is 0.406 e. The van der Waals surface area contributed by atoms with E-state index in [2.05, 4.69) is 10.1 Å². The van der Waals surface area contributed by atoms with Crippen LogP contribution >= 0.6 is 0 Å². The average Bonchev–Trinajstić information content (AvgIpc) is 2.34. The zero-order chi connectivity index (χ0) is 12.7. The highest BCUT2D eigenvalue weighted by atomic mass is 16.6. The third-order valence-electron chi connectivity index (χ3n) is 1.87. The van der Waals surface area contributed by atoms with Gasteiger partial charge in [0.15, 0.2) is 0 Å². The summed E-state index contributed by atoms with van der Waals surface area (Å²) in [6.07, 6.45) is -0.530. The number of methoxy groups -OCH3 is 1. The lowest BCUT2D eigenvalue weighted by molar-refractivity contribution is -0.384. The first kappa shape index (κ1) is 12.8. The molecule has 0 fully saturated rings. The van der Waals surface area contributed by atoms with Gasteiger partial charge in [-0.15, -0.1) is 0 Å². The third-order valence-corrected chi connectivity index (χ3v) is 1.87. The van der Waals surface area contributed by atoms with Gasteiger partial charge in [-0.05, 0) is 12.1 Å². The lowest BCUT2D eigenvalue weighted by atomic mass is 10.3. The van der Waals surface area contributed by atoms with E-state index in [1.54, 1.807) is 0 Å². The molecule has 0 saturated carbocycles. The number of ether oxygens (including phenoxy) is 2. The van der Waals surface area contributed by atoms with Crippen LogP contribution in [0.5, 0.6) is 5.75 Å². The number of alkyl carbamates (subject to hydrolysis) is 1. The predicted molar refractivity (Wildman–Crippen MR) is 59.0 cm³/mol. The number of benzene rings is 1. The number of nitrogens with zero attached hydrogens (tertiary/aromatic N) is 1. The molecule has 0 aliphatic rings. The maximum absolute atomic E-state index is 10.7. The van der Waals surface area contributed by atoms with Crippen molar-refractivity contribution in [3.8, 4) is 5.75 Å². The number of rotatable bonds is 5. The molecule has 7 heteroatoms. The van der Waals surface area contributed by atoms with Crippen LogP contribution in [0.25, 0.3) is 0 Å². The van der Waals surface area contributed by atoms with Gasteiger partial charge < -0.3 is 14.8 Å². The number of carbonyl (C=O) groups is 1. The molecule has 0 heterocycles. The summed E-state index contributed by atoms with van der Waals surface area (Å²) in [6, 6.07) is 5.69. The van der Waals surface area contributed by atoms with E-state index in [1.165, 1.54) is 31.4 Å². The first-order valence-corrected chi connectivity index (χ1v) is 4.82. The summed E-state index contributed by atoms with van der Waals surface area (Å²) < 4.78 is 9.61. The van der Waals surface area contributed by atoms with Gasteiger partial charge in [-0.2, -0.15) is 0 Å². The highest BCUT2D eigenvalue weighted by molar-refractivity contribution is 5.66. The zero-order valence-corrected chi connectivity index (χ0v) is 9.21. The van der Waals surface area contributed by atoms with Gasteiger partial charge in [0.05, 0.1) is 18.6 Å². The Hall–Kier alpha value is -2.31. The fourth-order valence-corrected chi connectivity index (χ4v) is 1.06. The van der Waals surface area contributed by atoms with Gasteiger partial charge in [0.25, 0.3) is 5.69 Å². The molecule has 17 heavy (non-hydrogen) atoms. The molecule has 0 bridgehead atoms. The minimum atomic E-state index is -0.530. The third kappa shape index (κ3) is 4.37. The number of non-ortho nitro benzene ring substituents is 1. The molecule has 92 valence electrons. The van der Waals surface area contributed by atoms with Crippen LogP contribution in [0.2, 0.25) is 0 Å². The van der Waals surface area contributed by atoms with Gasteiger partial charge in [-0.1, -0.05) is 0 Å². The highest BCUT2D eigenvalue weighted by Crippen LogP contribution is 2.16. The lowest BCUT2D eigenvalue weighted by Gasteiger charge is -2.06. The van der Waals surface area contributed by atoms with E-state index in [9.17, 15) is 14.9 Å². The summed E-state index contributed by atoms with van der Waals surface area (Å²) in [6.45, 7) is 0.552. The van der Waals surface area contributed by atoms with Crippen LogP contribution in [0.1, 0.15) is 0 Å². The Morgan fingerprint density at radius 1 is 1.41 bits per heavy atom. The van der Waals surface area contributed by atoms with Crippen molar-refractivity contribution < 1.29 is 19.2 Å². The minimum absolute atomic E-state index is 0.00466. The summed E-state index contributed by atoms with van der Waals surface area (Å²) >= 11 is 0. The Kier molecular flexibility index (Phi) is 4.74. The first-order chi connectivity index (χ1) is 8.13. The van der Waals surface area contributed by atoms with E-state index < -0.39 is 11.0 Å². The number of hydrogen-bond acceptors (Lipinski definition) is 5. The maximum atomic E-state index is 10.7. The molecule has 0 unspecified atom stereocenters. The molecule has 1 amide bonds. The van der Waals surface area contributed by atoms with Crippen molar-refractivity contribution in [1.29, 1.82) is 0 Å². The standard InChI is InChI=1S/C10H12N2O5/c1-16-10(13)11-6-7-17-9-4-2-8(3-5-9)12(14)15/h2-5H,6-7H2,1H3,(H,11,13).